The van der Waals surface area contributed by atoms with E-state index in [-0.39, 0.29) is 5.91 Å². The Morgan fingerprint density at radius 2 is 1.91 bits per heavy atom. The highest BCUT2D eigenvalue weighted by atomic mass is 79.9. The number of halogens is 1. The Morgan fingerprint density at radius 3 is 2.74 bits per heavy atom. The quantitative estimate of drug-likeness (QED) is 0.895. The number of carbonyl (C=O) groups is 1. The van der Waals surface area contributed by atoms with E-state index < -0.39 is 0 Å². The molecule has 118 valence electrons. The van der Waals surface area contributed by atoms with Crippen LogP contribution in [0.2, 0.25) is 0 Å². The zero-order valence-electron chi connectivity index (χ0n) is 12.5. The number of nitrogens with one attached hydrogen (secondary N) is 1. The first kappa shape index (κ1) is 14.6. The van der Waals surface area contributed by atoms with Crippen LogP contribution < -0.4 is 14.8 Å². The van der Waals surface area contributed by atoms with Gasteiger partial charge in [-0.05, 0) is 23.8 Å². The summed E-state index contributed by atoms with van der Waals surface area (Å²) in [5.74, 6) is 1.66. The fourth-order valence-corrected chi connectivity index (χ4v) is 3.35. The van der Waals surface area contributed by atoms with Gasteiger partial charge in [0.05, 0.1) is 25.3 Å². The van der Waals surface area contributed by atoms with Crippen molar-refractivity contribution in [2.75, 3.05) is 18.5 Å². The van der Waals surface area contributed by atoms with Crippen LogP contribution >= 0.6 is 15.9 Å². The van der Waals surface area contributed by atoms with Crippen molar-refractivity contribution in [1.29, 1.82) is 0 Å². The Kier molecular flexibility index (Phi) is 3.73. The first-order valence-electron chi connectivity index (χ1n) is 7.69. The van der Waals surface area contributed by atoms with Gasteiger partial charge in [-0.2, -0.15) is 0 Å². The van der Waals surface area contributed by atoms with E-state index in [2.05, 4.69) is 27.3 Å². The molecule has 2 heterocycles. The Balaban J connectivity index is 1.59. The number of rotatable bonds is 3. The van der Waals surface area contributed by atoms with Crippen LogP contribution in [0.4, 0.5) is 5.69 Å². The summed E-state index contributed by atoms with van der Waals surface area (Å²) in [6.07, 6.45) is 2.01. The lowest BCUT2D eigenvalue weighted by Crippen LogP contribution is -2.16. The number of carbonyl (C=O) groups excluding carboxylic acids is 1. The molecule has 0 atom stereocenters. The molecule has 2 aromatic carbocycles. The van der Waals surface area contributed by atoms with E-state index in [1.165, 1.54) is 0 Å². The van der Waals surface area contributed by atoms with Crippen molar-refractivity contribution in [1.82, 2.24) is 0 Å². The van der Waals surface area contributed by atoms with Crippen LogP contribution in [0, 0.1) is 0 Å². The van der Waals surface area contributed by atoms with Crippen LogP contribution in [0.5, 0.6) is 11.5 Å². The summed E-state index contributed by atoms with van der Waals surface area (Å²) in [6, 6.07) is 9.83. The number of ether oxygens (including phenoxy) is 2. The van der Waals surface area contributed by atoms with E-state index in [0.29, 0.717) is 19.6 Å². The molecule has 2 aliphatic heterocycles. The summed E-state index contributed by atoms with van der Waals surface area (Å²) >= 11 is 3.40. The zero-order chi connectivity index (χ0) is 15.8. The van der Waals surface area contributed by atoms with Crippen LogP contribution in [-0.2, 0) is 24.1 Å². The molecule has 0 saturated heterocycles. The molecular formula is C18H16BrNO3. The standard InChI is InChI=1S/C18H16BrNO3/c19-13-3-1-11(2-4-13)9-16(21)20-17-14-6-8-22-15(14)10-12-5-7-23-18(12)17/h1-4,10H,5-9H2,(H,20,21). The van der Waals surface area contributed by atoms with Crippen molar-refractivity contribution in [3.8, 4) is 11.5 Å². The molecule has 4 nitrogen and oxygen atoms in total. The Labute approximate surface area is 142 Å². The van der Waals surface area contributed by atoms with Gasteiger partial charge < -0.3 is 14.8 Å². The topological polar surface area (TPSA) is 47.6 Å². The maximum Gasteiger partial charge on any atom is 0.228 e. The molecular weight excluding hydrogens is 358 g/mol. The molecule has 0 saturated carbocycles. The maximum atomic E-state index is 12.4. The van der Waals surface area contributed by atoms with Crippen molar-refractivity contribution in [2.24, 2.45) is 0 Å². The van der Waals surface area contributed by atoms with Gasteiger partial charge in [-0.15, -0.1) is 0 Å². The van der Waals surface area contributed by atoms with Crippen LogP contribution in [0.1, 0.15) is 16.7 Å². The van der Waals surface area contributed by atoms with Crippen LogP contribution in [0.15, 0.2) is 34.8 Å². The van der Waals surface area contributed by atoms with Gasteiger partial charge in [-0.25, -0.2) is 0 Å². The summed E-state index contributed by atoms with van der Waals surface area (Å²) in [7, 11) is 0. The minimum atomic E-state index is -0.0367. The average Bonchev–Trinajstić information content (AvgIpc) is 3.18. The Hall–Kier alpha value is -2.01. The van der Waals surface area contributed by atoms with E-state index in [1.807, 2.05) is 24.3 Å². The van der Waals surface area contributed by atoms with Crippen molar-refractivity contribution in [3.63, 3.8) is 0 Å². The van der Waals surface area contributed by atoms with Gasteiger partial charge >= 0.3 is 0 Å². The molecule has 2 aliphatic rings. The number of fused-ring (bicyclic) bond motifs is 2. The van der Waals surface area contributed by atoms with Gasteiger partial charge in [0.1, 0.15) is 11.5 Å². The molecule has 2 aromatic rings. The maximum absolute atomic E-state index is 12.4. The molecule has 5 heteroatoms. The molecule has 0 spiro atoms. The second kappa shape index (κ2) is 5.89. The van der Waals surface area contributed by atoms with E-state index in [9.17, 15) is 4.79 Å². The molecule has 1 N–H and O–H groups in total. The highest BCUT2D eigenvalue weighted by Crippen LogP contribution is 2.44. The monoisotopic (exact) mass is 373 g/mol. The van der Waals surface area contributed by atoms with Gasteiger partial charge in [0.2, 0.25) is 5.91 Å². The average molecular weight is 374 g/mol. The molecule has 4 rings (SSSR count). The molecule has 0 bridgehead atoms. The third-order valence-corrected chi connectivity index (χ3v) is 4.72. The fraction of sp³-hybridized carbons (Fsp3) is 0.278. The fourth-order valence-electron chi connectivity index (χ4n) is 3.09. The van der Waals surface area contributed by atoms with Crippen molar-refractivity contribution in [2.45, 2.75) is 19.3 Å². The molecule has 0 radical (unpaired) electrons. The van der Waals surface area contributed by atoms with Gasteiger partial charge in [0, 0.05) is 28.4 Å². The molecule has 0 aromatic heterocycles. The first-order valence-corrected chi connectivity index (χ1v) is 8.48. The van der Waals surface area contributed by atoms with Crippen molar-refractivity contribution in [3.05, 3.63) is 51.5 Å². The molecule has 1 amide bonds. The number of benzene rings is 2. The molecule has 0 fully saturated rings. The lowest BCUT2D eigenvalue weighted by molar-refractivity contribution is -0.115. The second-order valence-electron chi connectivity index (χ2n) is 5.76. The van der Waals surface area contributed by atoms with Crippen LogP contribution in [-0.4, -0.2) is 19.1 Å². The summed E-state index contributed by atoms with van der Waals surface area (Å²) in [4.78, 5) is 12.4. The van der Waals surface area contributed by atoms with Crippen molar-refractivity contribution >= 4 is 27.5 Å². The van der Waals surface area contributed by atoms with Gasteiger partial charge in [0.25, 0.3) is 0 Å². The van der Waals surface area contributed by atoms with E-state index >= 15 is 0 Å². The minimum absolute atomic E-state index is 0.0367. The number of anilines is 1. The first-order chi connectivity index (χ1) is 11.2. The predicted octanol–water partition coefficient (Wildman–Crippen LogP) is 3.50. The molecule has 0 aliphatic carbocycles. The summed E-state index contributed by atoms with van der Waals surface area (Å²) in [5, 5.41) is 3.05. The van der Waals surface area contributed by atoms with Crippen molar-refractivity contribution < 1.29 is 14.3 Å². The predicted molar refractivity (Wildman–Crippen MR) is 91.3 cm³/mol. The lowest BCUT2D eigenvalue weighted by Gasteiger charge is -2.14. The lowest BCUT2D eigenvalue weighted by atomic mass is 10.0. The third-order valence-electron chi connectivity index (χ3n) is 4.19. The minimum Gasteiger partial charge on any atom is -0.493 e. The molecule has 0 unspecified atom stereocenters. The summed E-state index contributed by atoms with van der Waals surface area (Å²) in [5.41, 5.74) is 3.95. The van der Waals surface area contributed by atoms with E-state index in [1.54, 1.807) is 0 Å². The van der Waals surface area contributed by atoms with Gasteiger partial charge in [-0.3, -0.25) is 4.79 Å². The zero-order valence-corrected chi connectivity index (χ0v) is 14.1. The Morgan fingerprint density at radius 1 is 1.13 bits per heavy atom. The van der Waals surface area contributed by atoms with E-state index in [4.69, 9.17) is 9.47 Å². The van der Waals surface area contributed by atoms with E-state index in [0.717, 1.165) is 51.2 Å². The summed E-state index contributed by atoms with van der Waals surface area (Å²) < 4.78 is 12.4. The smallest absolute Gasteiger partial charge is 0.228 e. The molecule has 23 heavy (non-hydrogen) atoms. The normalized spacial score (nSPS) is 14.7. The number of hydrogen-bond donors (Lipinski definition) is 1. The number of hydrogen-bond acceptors (Lipinski definition) is 3. The van der Waals surface area contributed by atoms with Crippen LogP contribution in [0.3, 0.4) is 0 Å². The highest BCUT2D eigenvalue weighted by Gasteiger charge is 2.27. The van der Waals surface area contributed by atoms with Crippen LogP contribution in [0.25, 0.3) is 0 Å². The Bertz CT molecular complexity index is 739. The SMILES string of the molecule is O=C(Cc1ccc(Br)cc1)Nc1c2c(cc3c1OCC3)OCC2. The van der Waals surface area contributed by atoms with Gasteiger partial charge in [0.15, 0.2) is 0 Å². The third kappa shape index (κ3) is 2.81. The summed E-state index contributed by atoms with van der Waals surface area (Å²) in [6.45, 7) is 1.32. The van der Waals surface area contributed by atoms with Gasteiger partial charge in [-0.1, -0.05) is 28.1 Å². The second-order valence-corrected chi connectivity index (χ2v) is 6.68. The highest BCUT2D eigenvalue weighted by molar-refractivity contribution is 9.10. The number of amides is 1. The largest absolute Gasteiger partial charge is 0.493 e.